The van der Waals surface area contributed by atoms with E-state index < -0.39 is 0 Å². The normalized spacial score (nSPS) is 16.0. The Balaban J connectivity index is 1.66. The van der Waals surface area contributed by atoms with Gasteiger partial charge in [0.2, 0.25) is 0 Å². The molecule has 27 heavy (non-hydrogen) atoms. The predicted molar refractivity (Wildman–Crippen MR) is 106 cm³/mol. The number of carbonyl (C=O) groups excluding carboxylic acids is 2. The van der Waals surface area contributed by atoms with Crippen LogP contribution in [0, 0.1) is 0 Å². The summed E-state index contributed by atoms with van der Waals surface area (Å²) in [7, 11) is 0. The van der Waals surface area contributed by atoms with Crippen LogP contribution in [0.15, 0.2) is 48.5 Å². The van der Waals surface area contributed by atoms with Crippen LogP contribution in [0.2, 0.25) is 0 Å². The average molecular weight is 368 g/mol. The summed E-state index contributed by atoms with van der Waals surface area (Å²) in [6, 6.07) is 13.9. The number of nitrogen functional groups attached to an aromatic ring is 1. The molecule has 1 heterocycles. The monoisotopic (exact) mass is 368 g/mol. The Morgan fingerprint density at radius 1 is 1.22 bits per heavy atom. The first-order valence-electron chi connectivity index (χ1n) is 9.03. The highest BCUT2D eigenvalue weighted by atomic mass is 16.6. The number of para-hydroxylation sites is 2. The molecule has 1 saturated heterocycles. The second kappa shape index (κ2) is 8.55. The topological polar surface area (TPSA) is 96.7 Å². The van der Waals surface area contributed by atoms with E-state index in [1.165, 1.54) is 0 Å². The summed E-state index contributed by atoms with van der Waals surface area (Å²) in [4.78, 5) is 26.4. The van der Waals surface area contributed by atoms with Crippen LogP contribution < -0.4 is 21.3 Å². The molecular formula is C20H24N4O3. The summed E-state index contributed by atoms with van der Waals surface area (Å²) < 4.78 is 5.52. The number of benzene rings is 2. The molecule has 2 aromatic rings. The van der Waals surface area contributed by atoms with Gasteiger partial charge in [-0.15, -0.1) is 0 Å². The van der Waals surface area contributed by atoms with Crippen molar-refractivity contribution in [2.45, 2.75) is 19.4 Å². The van der Waals surface area contributed by atoms with Gasteiger partial charge in [0.05, 0.1) is 11.4 Å². The van der Waals surface area contributed by atoms with Gasteiger partial charge in [-0.2, -0.15) is 0 Å². The standard InChI is InChI=1S/C20H24N4O3/c1-2-24(20(26)27-16-11-12-22-13-16)15-9-7-14(8-10-15)19(25)23-18-6-4-3-5-17(18)21/h3-10,16,22H,2,11-13,21H2,1H3,(H,23,25). The summed E-state index contributed by atoms with van der Waals surface area (Å²) in [6.45, 7) is 3.91. The predicted octanol–water partition coefficient (Wildman–Crippen LogP) is 2.85. The van der Waals surface area contributed by atoms with Crippen molar-refractivity contribution in [3.8, 4) is 0 Å². The molecule has 142 valence electrons. The van der Waals surface area contributed by atoms with E-state index in [-0.39, 0.29) is 18.1 Å². The summed E-state index contributed by atoms with van der Waals surface area (Å²) in [5, 5.41) is 5.95. The van der Waals surface area contributed by atoms with Crippen molar-refractivity contribution in [1.82, 2.24) is 5.32 Å². The molecule has 0 bridgehead atoms. The van der Waals surface area contributed by atoms with Crippen molar-refractivity contribution >= 4 is 29.1 Å². The molecule has 3 rings (SSSR count). The van der Waals surface area contributed by atoms with Crippen LogP contribution in [0.25, 0.3) is 0 Å². The molecule has 0 aliphatic carbocycles. The van der Waals surface area contributed by atoms with E-state index in [9.17, 15) is 9.59 Å². The van der Waals surface area contributed by atoms with Crippen LogP contribution in [0.5, 0.6) is 0 Å². The number of ether oxygens (including phenoxy) is 1. The van der Waals surface area contributed by atoms with Crippen molar-refractivity contribution in [2.75, 3.05) is 35.6 Å². The summed E-state index contributed by atoms with van der Waals surface area (Å²) >= 11 is 0. The maximum absolute atomic E-state index is 12.4. The lowest BCUT2D eigenvalue weighted by Crippen LogP contribution is -2.34. The third-order valence-corrected chi connectivity index (χ3v) is 4.47. The van der Waals surface area contributed by atoms with E-state index in [0.717, 1.165) is 13.0 Å². The third kappa shape index (κ3) is 4.57. The van der Waals surface area contributed by atoms with E-state index in [2.05, 4.69) is 10.6 Å². The number of nitrogens with one attached hydrogen (secondary N) is 2. The average Bonchev–Trinajstić information content (AvgIpc) is 3.17. The number of rotatable bonds is 5. The van der Waals surface area contributed by atoms with Crippen LogP contribution in [-0.4, -0.2) is 37.7 Å². The molecule has 1 unspecified atom stereocenters. The Labute approximate surface area is 158 Å². The number of carbonyl (C=O) groups is 2. The van der Waals surface area contributed by atoms with Crippen LogP contribution >= 0.6 is 0 Å². The van der Waals surface area contributed by atoms with E-state index in [1.54, 1.807) is 53.4 Å². The van der Waals surface area contributed by atoms with Crippen LogP contribution in [0.3, 0.4) is 0 Å². The molecule has 2 amide bonds. The SMILES string of the molecule is CCN(C(=O)OC1CCNC1)c1ccc(C(=O)Nc2ccccc2N)cc1. The smallest absolute Gasteiger partial charge is 0.414 e. The Morgan fingerprint density at radius 3 is 2.59 bits per heavy atom. The first-order chi connectivity index (χ1) is 13.1. The molecule has 1 aliphatic rings. The van der Waals surface area contributed by atoms with Crippen molar-refractivity contribution in [2.24, 2.45) is 0 Å². The minimum absolute atomic E-state index is 0.0899. The molecule has 0 radical (unpaired) electrons. The molecule has 2 aromatic carbocycles. The fourth-order valence-electron chi connectivity index (χ4n) is 2.95. The molecule has 0 saturated carbocycles. The highest BCUT2D eigenvalue weighted by Crippen LogP contribution is 2.20. The Kier molecular flexibility index (Phi) is 5.93. The molecule has 7 nitrogen and oxygen atoms in total. The van der Waals surface area contributed by atoms with Gasteiger partial charge >= 0.3 is 6.09 Å². The molecule has 4 N–H and O–H groups in total. The fourth-order valence-corrected chi connectivity index (χ4v) is 2.95. The maximum atomic E-state index is 12.4. The largest absolute Gasteiger partial charge is 0.444 e. The van der Waals surface area contributed by atoms with Gasteiger partial charge < -0.3 is 21.1 Å². The number of hydrogen-bond donors (Lipinski definition) is 3. The number of amides is 2. The van der Waals surface area contributed by atoms with Crippen LogP contribution in [-0.2, 0) is 4.74 Å². The van der Waals surface area contributed by atoms with Gasteiger partial charge in [-0.3, -0.25) is 9.69 Å². The number of nitrogens with zero attached hydrogens (tertiary/aromatic N) is 1. The molecule has 1 atom stereocenters. The molecule has 1 aliphatic heterocycles. The Morgan fingerprint density at radius 2 is 1.96 bits per heavy atom. The fraction of sp³-hybridized carbons (Fsp3) is 0.300. The van der Waals surface area contributed by atoms with Crippen molar-refractivity contribution in [3.05, 3.63) is 54.1 Å². The van der Waals surface area contributed by atoms with Gasteiger partial charge in [0, 0.05) is 24.3 Å². The second-order valence-electron chi connectivity index (χ2n) is 6.33. The van der Waals surface area contributed by atoms with Gasteiger partial charge in [0.1, 0.15) is 6.10 Å². The number of anilines is 3. The van der Waals surface area contributed by atoms with Gasteiger partial charge in [0.15, 0.2) is 0 Å². The summed E-state index contributed by atoms with van der Waals surface area (Å²) in [5.74, 6) is -0.262. The van der Waals surface area contributed by atoms with Gasteiger partial charge in [-0.05, 0) is 56.3 Å². The van der Waals surface area contributed by atoms with E-state index in [4.69, 9.17) is 10.5 Å². The Hall–Kier alpha value is -3.06. The maximum Gasteiger partial charge on any atom is 0.414 e. The number of hydrogen-bond acceptors (Lipinski definition) is 5. The first kappa shape index (κ1) is 18.7. The quantitative estimate of drug-likeness (QED) is 0.705. The molecular weight excluding hydrogens is 344 g/mol. The van der Waals surface area contributed by atoms with E-state index >= 15 is 0 Å². The van der Waals surface area contributed by atoms with Crippen molar-refractivity contribution in [1.29, 1.82) is 0 Å². The van der Waals surface area contributed by atoms with Crippen molar-refractivity contribution in [3.63, 3.8) is 0 Å². The van der Waals surface area contributed by atoms with Crippen LogP contribution in [0.4, 0.5) is 21.9 Å². The zero-order valence-corrected chi connectivity index (χ0v) is 15.3. The highest BCUT2D eigenvalue weighted by molar-refractivity contribution is 6.06. The lowest BCUT2D eigenvalue weighted by Gasteiger charge is -2.22. The lowest BCUT2D eigenvalue weighted by atomic mass is 10.1. The third-order valence-electron chi connectivity index (χ3n) is 4.47. The van der Waals surface area contributed by atoms with Crippen LogP contribution in [0.1, 0.15) is 23.7 Å². The minimum atomic E-state index is -0.375. The first-order valence-corrected chi connectivity index (χ1v) is 9.03. The Bertz CT molecular complexity index is 801. The zero-order chi connectivity index (χ0) is 19.2. The molecule has 0 spiro atoms. The summed E-state index contributed by atoms with van der Waals surface area (Å²) in [5.41, 5.74) is 8.08. The van der Waals surface area contributed by atoms with E-state index in [0.29, 0.717) is 35.7 Å². The summed E-state index contributed by atoms with van der Waals surface area (Å²) in [6.07, 6.45) is 0.360. The lowest BCUT2D eigenvalue weighted by molar-refractivity contribution is 0.102. The second-order valence-corrected chi connectivity index (χ2v) is 6.33. The minimum Gasteiger partial charge on any atom is -0.444 e. The van der Waals surface area contributed by atoms with E-state index in [1.807, 2.05) is 6.92 Å². The molecule has 1 fully saturated rings. The molecule has 7 heteroatoms. The molecule has 0 aromatic heterocycles. The van der Waals surface area contributed by atoms with Gasteiger partial charge in [0.25, 0.3) is 5.91 Å². The van der Waals surface area contributed by atoms with Gasteiger partial charge in [-0.25, -0.2) is 4.79 Å². The zero-order valence-electron chi connectivity index (χ0n) is 15.3. The van der Waals surface area contributed by atoms with Crippen molar-refractivity contribution < 1.29 is 14.3 Å². The van der Waals surface area contributed by atoms with Gasteiger partial charge in [-0.1, -0.05) is 12.1 Å². The highest BCUT2D eigenvalue weighted by Gasteiger charge is 2.23. The number of nitrogens with two attached hydrogens (primary N) is 1.